The van der Waals surface area contributed by atoms with Crippen molar-refractivity contribution < 1.29 is 57.1 Å². The van der Waals surface area contributed by atoms with Crippen LogP contribution in [-0.4, -0.2) is 62.9 Å². The van der Waals surface area contributed by atoms with Gasteiger partial charge in [-0.15, -0.1) is 0 Å². The van der Waals surface area contributed by atoms with Gasteiger partial charge < -0.3 is 33.2 Å². The van der Waals surface area contributed by atoms with Crippen molar-refractivity contribution in [3.05, 3.63) is 109 Å². The largest absolute Gasteiger partial charge is 0.494 e. The number of ether oxygens (including phenoxy) is 7. The van der Waals surface area contributed by atoms with Crippen molar-refractivity contribution in [2.45, 2.75) is 64.7 Å². The summed E-state index contributed by atoms with van der Waals surface area (Å²) < 4.78 is 37.8. The molecule has 54 heavy (non-hydrogen) atoms. The first-order valence-corrected chi connectivity index (χ1v) is 18.0. The normalized spacial score (nSPS) is 10.4. The minimum atomic E-state index is -0.739. The predicted molar refractivity (Wildman–Crippen MR) is 200 cm³/mol. The van der Waals surface area contributed by atoms with Crippen LogP contribution < -0.4 is 18.9 Å². The molecule has 12 heteroatoms. The lowest BCUT2D eigenvalue weighted by Crippen LogP contribution is -2.14. The molecule has 0 fully saturated rings. The van der Waals surface area contributed by atoms with Gasteiger partial charge in [0.2, 0.25) is 0 Å². The molecule has 288 valence electrons. The highest BCUT2D eigenvalue weighted by molar-refractivity contribution is 5.97. The van der Waals surface area contributed by atoms with Crippen molar-refractivity contribution in [3.8, 4) is 23.0 Å². The third-order valence-corrected chi connectivity index (χ3v) is 7.64. The molecule has 0 aliphatic carbocycles. The number of benzene rings is 3. The fraction of sp³-hybridized carbons (Fsp3) is 0.357. The number of carbonyl (C=O) groups is 5. The van der Waals surface area contributed by atoms with Crippen molar-refractivity contribution in [2.24, 2.45) is 0 Å². The summed E-state index contributed by atoms with van der Waals surface area (Å²) in [6.07, 6.45) is 9.61. The van der Waals surface area contributed by atoms with Crippen LogP contribution in [0.5, 0.6) is 23.0 Å². The molecule has 0 aliphatic heterocycles. The van der Waals surface area contributed by atoms with Crippen LogP contribution in [0.25, 0.3) is 0 Å². The summed E-state index contributed by atoms with van der Waals surface area (Å²) in [6.45, 7) is 10.4. The van der Waals surface area contributed by atoms with Crippen molar-refractivity contribution in [1.29, 1.82) is 0 Å². The van der Waals surface area contributed by atoms with Crippen LogP contribution in [-0.2, 0) is 23.8 Å². The first-order chi connectivity index (χ1) is 26.2. The molecule has 0 atom stereocenters. The van der Waals surface area contributed by atoms with E-state index in [0.717, 1.165) is 63.5 Å². The van der Waals surface area contributed by atoms with Gasteiger partial charge in [0.05, 0.1) is 44.2 Å². The maximum absolute atomic E-state index is 13.0. The van der Waals surface area contributed by atoms with Crippen LogP contribution in [0.3, 0.4) is 0 Å². The molecule has 0 N–H and O–H groups in total. The van der Waals surface area contributed by atoms with Gasteiger partial charge in [-0.1, -0.05) is 20.1 Å². The van der Waals surface area contributed by atoms with E-state index in [9.17, 15) is 24.0 Å². The highest BCUT2D eigenvalue weighted by Gasteiger charge is 2.20. The van der Waals surface area contributed by atoms with E-state index in [2.05, 4.69) is 13.2 Å². The van der Waals surface area contributed by atoms with Gasteiger partial charge in [0.15, 0.2) is 0 Å². The fourth-order valence-electron chi connectivity index (χ4n) is 4.75. The standard InChI is InChI=1S/C42H48O12/c1-4-25-52-42(47)36-30-35(53-40(45)31-15-19-33(20-16-31)48-26-11-7-9-13-28-50-38(43)5-2)23-24-37(36)54-41(46)32-17-21-34(22-18-32)49-27-12-8-10-14-29-51-39(44)6-3/h5-6,15-24,30H,2-4,7-14,25-29H2,1H3. The maximum atomic E-state index is 13.0. The van der Waals surface area contributed by atoms with E-state index in [4.69, 9.17) is 33.2 Å². The van der Waals surface area contributed by atoms with Gasteiger partial charge in [-0.2, -0.15) is 0 Å². The first-order valence-electron chi connectivity index (χ1n) is 18.0. The predicted octanol–water partition coefficient (Wildman–Crippen LogP) is 8.03. The summed E-state index contributed by atoms with van der Waals surface area (Å²) >= 11 is 0. The number of unbranched alkanes of at least 4 members (excludes halogenated alkanes) is 6. The molecule has 0 unspecified atom stereocenters. The van der Waals surface area contributed by atoms with Gasteiger partial charge in [-0.25, -0.2) is 24.0 Å². The number of rotatable bonds is 25. The van der Waals surface area contributed by atoms with E-state index in [0.29, 0.717) is 44.3 Å². The minimum Gasteiger partial charge on any atom is -0.494 e. The van der Waals surface area contributed by atoms with Gasteiger partial charge in [0.25, 0.3) is 0 Å². The van der Waals surface area contributed by atoms with E-state index in [1.165, 1.54) is 18.2 Å². The zero-order valence-corrected chi connectivity index (χ0v) is 30.7. The summed E-state index contributed by atoms with van der Waals surface area (Å²) in [6, 6.07) is 17.0. The Hall–Kier alpha value is -5.91. The van der Waals surface area contributed by atoms with Crippen LogP contribution in [0.4, 0.5) is 0 Å². The van der Waals surface area contributed by atoms with Crippen molar-refractivity contribution in [3.63, 3.8) is 0 Å². The van der Waals surface area contributed by atoms with Gasteiger partial charge in [0, 0.05) is 12.2 Å². The molecule has 0 heterocycles. The first kappa shape index (κ1) is 42.5. The maximum Gasteiger partial charge on any atom is 0.343 e. The minimum absolute atomic E-state index is 0.0560. The second kappa shape index (κ2) is 24.4. The lowest BCUT2D eigenvalue weighted by Gasteiger charge is -2.13. The molecule has 0 aromatic heterocycles. The molecule has 0 spiro atoms. The summed E-state index contributed by atoms with van der Waals surface area (Å²) in [7, 11) is 0. The number of hydrogen-bond donors (Lipinski definition) is 0. The molecule has 0 saturated heterocycles. The van der Waals surface area contributed by atoms with E-state index >= 15 is 0 Å². The molecule has 3 aromatic carbocycles. The third-order valence-electron chi connectivity index (χ3n) is 7.64. The summed E-state index contributed by atoms with van der Waals surface area (Å²) in [5, 5.41) is 0. The second-order valence-electron chi connectivity index (χ2n) is 11.9. The third kappa shape index (κ3) is 15.8. The van der Waals surface area contributed by atoms with Crippen LogP contribution in [0.2, 0.25) is 0 Å². The smallest absolute Gasteiger partial charge is 0.343 e. The quantitative estimate of drug-likeness (QED) is 0.0272. The van der Waals surface area contributed by atoms with E-state index in [-0.39, 0.29) is 34.8 Å². The van der Waals surface area contributed by atoms with Gasteiger partial charge >= 0.3 is 29.8 Å². The monoisotopic (exact) mass is 744 g/mol. The summed E-state index contributed by atoms with van der Waals surface area (Å²) in [5.41, 5.74) is 0.414. The summed E-state index contributed by atoms with van der Waals surface area (Å²) in [5.74, 6) is -1.78. The van der Waals surface area contributed by atoms with Crippen molar-refractivity contribution in [2.75, 3.05) is 33.0 Å². The molecule has 3 rings (SSSR count). The van der Waals surface area contributed by atoms with Crippen LogP contribution in [0.1, 0.15) is 95.8 Å². The number of hydrogen-bond acceptors (Lipinski definition) is 12. The second-order valence-corrected chi connectivity index (χ2v) is 11.9. The molecule has 3 aromatic rings. The number of carbonyl (C=O) groups excluding carboxylic acids is 5. The van der Waals surface area contributed by atoms with Crippen molar-refractivity contribution >= 4 is 29.8 Å². The molecule has 0 bridgehead atoms. The Morgan fingerprint density at radius 2 is 0.944 bits per heavy atom. The average molecular weight is 745 g/mol. The van der Waals surface area contributed by atoms with Gasteiger partial charge in [0.1, 0.15) is 28.6 Å². The fourth-order valence-corrected chi connectivity index (χ4v) is 4.75. The van der Waals surface area contributed by atoms with E-state index < -0.39 is 29.8 Å². The van der Waals surface area contributed by atoms with Crippen LogP contribution in [0.15, 0.2) is 92.0 Å². The molecular formula is C42H48O12. The van der Waals surface area contributed by atoms with Gasteiger partial charge in [-0.3, -0.25) is 0 Å². The molecule has 0 amide bonds. The molecule has 0 saturated carbocycles. The molecule has 0 radical (unpaired) electrons. The Kier molecular flexibility index (Phi) is 19.2. The number of esters is 5. The van der Waals surface area contributed by atoms with E-state index in [1.54, 1.807) is 48.5 Å². The average Bonchev–Trinajstić information content (AvgIpc) is 3.19. The lowest BCUT2D eigenvalue weighted by molar-refractivity contribution is -0.138. The Morgan fingerprint density at radius 1 is 0.500 bits per heavy atom. The SMILES string of the molecule is C=CC(=O)OCCCCCCOc1ccc(C(=O)Oc2ccc(OC(=O)c3ccc(OCCCCCCOC(=O)C=C)cc3)c(C(=O)OCCC)c2)cc1. The van der Waals surface area contributed by atoms with Gasteiger partial charge in [-0.05, 0) is 125 Å². The Bertz CT molecular complexity index is 1680. The Labute approximate surface area is 316 Å². The summed E-state index contributed by atoms with van der Waals surface area (Å²) in [4.78, 5) is 61.0. The molecule has 12 nitrogen and oxygen atoms in total. The molecule has 0 aliphatic rings. The Balaban J connectivity index is 1.50. The highest BCUT2D eigenvalue weighted by atomic mass is 16.6. The van der Waals surface area contributed by atoms with Crippen LogP contribution in [0, 0.1) is 0 Å². The Morgan fingerprint density at radius 3 is 1.41 bits per heavy atom. The topological polar surface area (TPSA) is 150 Å². The lowest BCUT2D eigenvalue weighted by atomic mass is 10.1. The van der Waals surface area contributed by atoms with Crippen LogP contribution >= 0.6 is 0 Å². The zero-order valence-electron chi connectivity index (χ0n) is 30.7. The molecular weight excluding hydrogens is 696 g/mol. The zero-order chi connectivity index (χ0) is 39.0. The van der Waals surface area contributed by atoms with Crippen molar-refractivity contribution in [1.82, 2.24) is 0 Å². The van der Waals surface area contributed by atoms with E-state index in [1.807, 2.05) is 6.92 Å². The highest BCUT2D eigenvalue weighted by Crippen LogP contribution is 2.27.